The van der Waals surface area contributed by atoms with E-state index in [9.17, 15) is 14.4 Å². The first-order chi connectivity index (χ1) is 16.1. The lowest BCUT2D eigenvalue weighted by atomic mass is 9.99. The van der Waals surface area contributed by atoms with E-state index in [2.05, 4.69) is 0 Å². The number of anilines is 2. The number of hydrogen-bond donors (Lipinski definition) is 1. The molecule has 2 amide bonds. The number of nitrogens with two attached hydrogens (primary N) is 1. The molecule has 0 spiro atoms. The van der Waals surface area contributed by atoms with Gasteiger partial charge in [-0.05, 0) is 42.0 Å². The van der Waals surface area contributed by atoms with Gasteiger partial charge in [-0.15, -0.1) is 11.3 Å². The van der Waals surface area contributed by atoms with Gasteiger partial charge in [0.2, 0.25) is 5.91 Å². The van der Waals surface area contributed by atoms with Crippen LogP contribution in [-0.4, -0.2) is 29.7 Å². The Morgan fingerprint density at radius 2 is 1.70 bits per heavy atom. The van der Waals surface area contributed by atoms with Crippen LogP contribution in [-0.2, 0) is 16.1 Å². The number of nitrogens with zero attached hydrogens (tertiary/aromatic N) is 2. The highest BCUT2D eigenvalue weighted by Gasteiger charge is 2.47. The van der Waals surface area contributed by atoms with Crippen molar-refractivity contribution in [3.8, 4) is 0 Å². The predicted molar refractivity (Wildman–Crippen MR) is 129 cm³/mol. The van der Waals surface area contributed by atoms with Crippen LogP contribution >= 0.6 is 11.3 Å². The molecular weight excluding hydrogens is 434 g/mol. The maximum atomic E-state index is 13.7. The van der Waals surface area contributed by atoms with Crippen LogP contribution in [0.2, 0.25) is 0 Å². The lowest BCUT2D eigenvalue weighted by Gasteiger charge is -2.32. The number of benzene rings is 2. The van der Waals surface area contributed by atoms with Gasteiger partial charge in [-0.3, -0.25) is 14.4 Å². The van der Waals surface area contributed by atoms with E-state index in [1.807, 2.05) is 54.6 Å². The second-order valence-electron chi connectivity index (χ2n) is 8.53. The van der Waals surface area contributed by atoms with Crippen LogP contribution in [0.15, 0.2) is 72.1 Å². The quantitative estimate of drug-likeness (QED) is 0.462. The monoisotopic (exact) mass is 459 g/mol. The molecule has 1 aliphatic heterocycles. The molecule has 0 saturated heterocycles. The molecule has 2 aliphatic rings. The van der Waals surface area contributed by atoms with Crippen LogP contribution in [0.1, 0.15) is 34.5 Å². The van der Waals surface area contributed by atoms with Gasteiger partial charge < -0.3 is 15.5 Å². The molecule has 3 aromatic rings. The van der Waals surface area contributed by atoms with E-state index in [-0.39, 0.29) is 17.9 Å². The largest absolute Gasteiger partial charge is 0.313 e. The van der Waals surface area contributed by atoms with Crippen molar-refractivity contribution in [3.63, 3.8) is 0 Å². The zero-order chi connectivity index (χ0) is 22.9. The van der Waals surface area contributed by atoms with E-state index in [0.717, 1.165) is 12.0 Å². The van der Waals surface area contributed by atoms with E-state index >= 15 is 0 Å². The number of hydrogen-bond acceptors (Lipinski definition) is 5. The van der Waals surface area contributed by atoms with Gasteiger partial charge >= 0.3 is 0 Å². The molecule has 1 fully saturated rings. The minimum Gasteiger partial charge on any atom is -0.313 e. The maximum absolute atomic E-state index is 13.7. The molecule has 3 unspecified atom stereocenters. The second kappa shape index (κ2) is 8.92. The Bertz CT molecular complexity index is 1180. The molecule has 5 rings (SSSR count). The van der Waals surface area contributed by atoms with Crippen LogP contribution in [0.25, 0.3) is 0 Å². The zero-order valence-electron chi connectivity index (χ0n) is 18.1. The SMILES string of the molecule is NC(C(=O)c1cccs1)C(=O)N1c2ccccc2N(Cc2ccccc2)C(=O)C2CCCC21. The Labute approximate surface area is 196 Å². The lowest BCUT2D eigenvalue weighted by Crippen LogP contribution is -2.53. The van der Waals surface area contributed by atoms with E-state index in [0.29, 0.717) is 35.6 Å². The van der Waals surface area contributed by atoms with E-state index in [1.165, 1.54) is 11.3 Å². The number of carbonyl (C=O) groups excluding carboxylic acids is 3. The molecule has 168 valence electrons. The average Bonchev–Trinajstić information content (AvgIpc) is 3.54. The van der Waals surface area contributed by atoms with Crippen molar-refractivity contribution in [2.45, 2.75) is 37.9 Å². The fraction of sp³-hybridized carbons (Fsp3) is 0.269. The molecular formula is C26H25N3O3S. The Morgan fingerprint density at radius 3 is 2.42 bits per heavy atom. The minimum atomic E-state index is -1.31. The third kappa shape index (κ3) is 3.87. The summed E-state index contributed by atoms with van der Waals surface area (Å²) in [6.45, 7) is 0.419. The molecule has 6 nitrogen and oxygen atoms in total. The molecule has 1 aliphatic carbocycles. The van der Waals surface area contributed by atoms with Gasteiger partial charge in [0.25, 0.3) is 5.91 Å². The van der Waals surface area contributed by atoms with Crippen LogP contribution in [0.5, 0.6) is 0 Å². The normalized spacial score (nSPS) is 20.7. The average molecular weight is 460 g/mol. The van der Waals surface area contributed by atoms with Gasteiger partial charge in [0.1, 0.15) is 6.04 Å². The molecule has 33 heavy (non-hydrogen) atoms. The van der Waals surface area contributed by atoms with Crippen molar-refractivity contribution in [3.05, 3.63) is 82.6 Å². The highest BCUT2D eigenvalue weighted by Crippen LogP contribution is 2.43. The van der Waals surface area contributed by atoms with Gasteiger partial charge in [0.15, 0.2) is 5.78 Å². The smallest absolute Gasteiger partial charge is 0.252 e. The summed E-state index contributed by atoms with van der Waals surface area (Å²) >= 11 is 1.27. The molecule has 2 aromatic carbocycles. The molecule has 2 N–H and O–H groups in total. The van der Waals surface area contributed by atoms with E-state index < -0.39 is 17.7 Å². The summed E-state index contributed by atoms with van der Waals surface area (Å²) in [6.07, 6.45) is 2.26. The fourth-order valence-electron chi connectivity index (χ4n) is 4.98. The first-order valence-corrected chi connectivity index (χ1v) is 12.0. The molecule has 1 aromatic heterocycles. The molecule has 0 bridgehead atoms. The Kier molecular flexibility index (Phi) is 5.83. The van der Waals surface area contributed by atoms with Crippen LogP contribution in [0.4, 0.5) is 11.4 Å². The summed E-state index contributed by atoms with van der Waals surface area (Å²) in [7, 11) is 0. The number of thiophene rings is 1. The van der Waals surface area contributed by atoms with E-state index in [4.69, 9.17) is 5.73 Å². The summed E-state index contributed by atoms with van der Waals surface area (Å²) in [5.41, 5.74) is 8.55. The van der Waals surface area contributed by atoms with Gasteiger partial charge in [-0.1, -0.05) is 55.0 Å². The third-order valence-corrected chi connectivity index (χ3v) is 7.44. The van der Waals surface area contributed by atoms with Crippen LogP contribution in [0, 0.1) is 5.92 Å². The van der Waals surface area contributed by atoms with E-state index in [1.54, 1.807) is 27.3 Å². The van der Waals surface area contributed by atoms with Crippen molar-refractivity contribution >= 4 is 40.3 Å². The number of rotatable bonds is 5. The molecule has 1 saturated carbocycles. The van der Waals surface area contributed by atoms with Crippen molar-refractivity contribution in [2.75, 3.05) is 9.80 Å². The van der Waals surface area contributed by atoms with Crippen molar-refractivity contribution < 1.29 is 14.4 Å². The number of amides is 2. The first-order valence-electron chi connectivity index (χ1n) is 11.2. The zero-order valence-corrected chi connectivity index (χ0v) is 18.9. The molecule has 2 heterocycles. The summed E-state index contributed by atoms with van der Waals surface area (Å²) in [6, 6.07) is 19.1. The van der Waals surface area contributed by atoms with Gasteiger partial charge in [-0.2, -0.15) is 0 Å². The fourth-order valence-corrected chi connectivity index (χ4v) is 5.68. The maximum Gasteiger partial charge on any atom is 0.252 e. The van der Waals surface area contributed by atoms with Gasteiger partial charge in [0, 0.05) is 6.04 Å². The highest BCUT2D eigenvalue weighted by atomic mass is 32.1. The number of Topliss-reactive ketones (excluding diaryl/α,β-unsaturated/α-hetero) is 1. The first kappa shape index (κ1) is 21.6. The van der Waals surface area contributed by atoms with Crippen LogP contribution in [0.3, 0.4) is 0 Å². The number of ketones is 1. The third-order valence-electron chi connectivity index (χ3n) is 6.56. The Balaban J connectivity index is 1.57. The predicted octanol–water partition coefficient (Wildman–Crippen LogP) is 4.01. The topological polar surface area (TPSA) is 83.7 Å². The van der Waals surface area contributed by atoms with Gasteiger partial charge in [-0.25, -0.2) is 0 Å². The van der Waals surface area contributed by atoms with Crippen molar-refractivity contribution in [1.29, 1.82) is 0 Å². The lowest BCUT2D eigenvalue weighted by molar-refractivity contribution is -0.123. The summed E-state index contributed by atoms with van der Waals surface area (Å²) < 4.78 is 0. The second-order valence-corrected chi connectivity index (χ2v) is 9.48. The Morgan fingerprint density at radius 1 is 0.970 bits per heavy atom. The Hall–Kier alpha value is -3.29. The summed E-state index contributed by atoms with van der Waals surface area (Å²) in [5, 5.41) is 1.79. The standard InChI is InChI=1S/C26H25N3O3S/c27-23(24(30)22-14-7-15-33-22)26(32)29-19-13-6-10-18(19)25(31)28(16-17-8-2-1-3-9-17)20-11-4-5-12-21(20)29/h1-5,7-9,11-12,14-15,18-19,23H,6,10,13,16,27H2. The molecule has 3 atom stereocenters. The number of carbonyl (C=O) groups is 3. The number of para-hydroxylation sites is 2. The minimum absolute atomic E-state index is 0.0160. The molecule has 7 heteroatoms. The van der Waals surface area contributed by atoms with Crippen molar-refractivity contribution in [2.24, 2.45) is 11.7 Å². The van der Waals surface area contributed by atoms with Crippen LogP contribution < -0.4 is 15.5 Å². The highest BCUT2D eigenvalue weighted by molar-refractivity contribution is 7.12. The summed E-state index contributed by atoms with van der Waals surface area (Å²) in [4.78, 5) is 44.3. The summed E-state index contributed by atoms with van der Waals surface area (Å²) in [5.74, 6) is -1.15. The molecule has 0 radical (unpaired) electrons. The van der Waals surface area contributed by atoms with Gasteiger partial charge in [0.05, 0.1) is 28.7 Å². The van der Waals surface area contributed by atoms with Crippen molar-refractivity contribution in [1.82, 2.24) is 0 Å². The number of fused-ring (bicyclic) bond motifs is 2.